The summed E-state index contributed by atoms with van der Waals surface area (Å²) in [6.45, 7) is 0.655. The van der Waals surface area contributed by atoms with Crippen LogP contribution in [-0.2, 0) is 13.0 Å². The molecular formula is C18H19N3O2. The number of aromatic nitrogens is 3. The highest BCUT2D eigenvalue weighted by Crippen LogP contribution is 2.25. The molecule has 0 aliphatic rings. The van der Waals surface area contributed by atoms with Crippen LogP contribution in [0, 0.1) is 0 Å². The molecule has 1 heterocycles. The molecular weight excluding hydrogens is 290 g/mol. The Kier molecular flexibility index (Phi) is 4.57. The summed E-state index contributed by atoms with van der Waals surface area (Å²) in [5.74, 6) is 2.50. The van der Waals surface area contributed by atoms with Gasteiger partial charge in [-0.15, -0.1) is 10.2 Å². The molecule has 0 aliphatic heterocycles. The lowest BCUT2D eigenvalue weighted by atomic mass is 10.1. The molecule has 3 rings (SSSR count). The predicted molar refractivity (Wildman–Crippen MR) is 87.9 cm³/mol. The van der Waals surface area contributed by atoms with Crippen LogP contribution in [-0.4, -0.2) is 29.0 Å². The van der Waals surface area contributed by atoms with Crippen LogP contribution in [0.1, 0.15) is 17.0 Å². The molecule has 5 heteroatoms. The SMILES string of the molecule is COc1ccc(Cn2cnnc2Cc2ccccc2)c(OC)c1. The predicted octanol–water partition coefficient (Wildman–Crippen LogP) is 2.93. The smallest absolute Gasteiger partial charge is 0.137 e. The van der Waals surface area contributed by atoms with E-state index in [1.54, 1.807) is 20.5 Å². The van der Waals surface area contributed by atoms with Crippen molar-refractivity contribution in [2.75, 3.05) is 14.2 Å². The molecule has 0 bridgehead atoms. The Hall–Kier alpha value is -2.82. The quantitative estimate of drug-likeness (QED) is 0.702. The topological polar surface area (TPSA) is 49.2 Å². The highest BCUT2D eigenvalue weighted by Gasteiger charge is 2.10. The molecule has 0 atom stereocenters. The van der Waals surface area contributed by atoms with Crippen LogP contribution in [0.25, 0.3) is 0 Å². The molecule has 0 amide bonds. The fourth-order valence-electron chi connectivity index (χ4n) is 2.49. The van der Waals surface area contributed by atoms with E-state index in [0.29, 0.717) is 6.54 Å². The Labute approximate surface area is 135 Å². The van der Waals surface area contributed by atoms with Gasteiger partial charge in [0.25, 0.3) is 0 Å². The lowest BCUT2D eigenvalue weighted by molar-refractivity contribution is 0.390. The summed E-state index contributed by atoms with van der Waals surface area (Å²) in [4.78, 5) is 0. The molecule has 0 saturated carbocycles. The molecule has 0 unspecified atom stereocenters. The number of rotatable bonds is 6. The van der Waals surface area contributed by atoms with Gasteiger partial charge in [-0.05, 0) is 17.7 Å². The van der Waals surface area contributed by atoms with Gasteiger partial charge in [0, 0.05) is 18.1 Å². The number of ether oxygens (including phenoxy) is 2. The van der Waals surface area contributed by atoms with Gasteiger partial charge in [-0.1, -0.05) is 30.3 Å². The maximum atomic E-state index is 5.46. The van der Waals surface area contributed by atoms with Crippen molar-refractivity contribution < 1.29 is 9.47 Å². The van der Waals surface area contributed by atoms with Crippen molar-refractivity contribution in [1.82, 2.24) is 14.8 Å². The first-order valence-electron chi connectivity index (χ1n) is 7.41. The van der Waals surface area contributed by atoms with E-state index < -0.39 is 0 Å². The van der Waals surface area contributed by atoms with Crippen LogP contribution in [0.15, 0.2) is 54.9 Å². The van der Waals surface area contributed by atoms with E-state index >= 15 is 0 Å². The molecule has 0 radical (unpaired) electrons. The van der Waals surface area contributed by atoms with Gasteiger partial charge in [-0.2, -0.15) is 0 Å². The minimum atomic E-state index is 0.655. The Morgan fingerprint density at radius 3 is 2.57 bits per heavy atom. The fraction of sp³-hybridized carbons (Fsp3) is 0.222. The Balaban J connectivity index is 1.83. The minimum Gasteiger partial charge on any atom is -0.497 e. The van der Waals surface area contributed by atoms with Crippen LogP contribution in [0.5, 0.6) is 11.5 Å². The molecule has 23 heavy (non-hydrogen) atoms. The monoisotopic (exact) mass is 309 g/mol. The average molecular weight is 309 g/mol. The first-order chi connectivity index (χ1) is 11.3. The van der Waals surface area contributed by atoms with Crippen molar-refractivity contribution in [3.05, 3.63) is 71.8 Å². The second-order valence-electron chi connectivity index (χ2n) is 5.22. The fourth-order valence-corrected chi connectivity index (χ4v) is 2.49. The lowest BCUT2D eigenvalue weighted by Crippen LogP contribution is -2.06. The molecule has 1 aromatic heterocycles. The van der Waals surface area contributed by atoms with Gasteiger partial charge in [0.15, 0.2) is 0 Å². The van der Waals surface area contributed by atoms with Crippen molar-refractivity contribution in [2.24, 2.45) is 0 Å². The van der Waals surface area contributed by atoms with Crippen LogP contribution < -0.4 is 9.47 Å². The minimum absolute atomic E-state index is 0.655. The number of hydrogen-bond donors (Lipinski definition) is 0. The van der Waals surface area contributed by atoms with Crippen molar-refractivity contribution >= 4 is 0 Å². The van der Waals surface area contributed by atoms with Gasteiger partial charge in [0.1, 0.15) is 23.7 Å². The molecule has 0 saturated heterocycles. The Morgan fingerprint density at radius 1 is 1.00 bits per heavy atom. The summed E-state index contributed by atoms with van der Waals surface area (Å²) in [6, 6.07) is 16.1. The summed E-state index contributed by atoms with van der Waals surface area (Å²) in [7, 11) is 3.31. The van der Waals surface area contributed by atoms with Gasteiger partial charge in [0.2, 0.25) is 0 Å². The third kappa shape index (κ3) is 3.51. The molecule has 0 spiro atoms. The first-order valence-corrected chi connectivity index (χ1v) is 7.41. The second kappa shape index (κ2) is 6.96. The zero-order chi connectivity index (χ0) is 16.1. The molecule has 0 fully saturated rings. The average Bonchev–Trinajstić information content (AvgIpc) is 3.03. The summed E-state index contributed by atoms with van der Waals surface area (Å²) < 4.78 is 12.7. The first kappa shape index (κ1) is 15.1. The summed E-state index contributed by atoms with van der Waals surface area (Å²) in [6.07, 6.45) is 2.50. The van der Waals surface area contributed by atoms with E-state index in [9.17, 15) is 0 Å². The summed E-state index contributed by atoms with van der Waals surface area (Å²) in [5, 5.41) is 8.30. The number of hydrogen-bond acceptors (Lipinski definition) is 4. The summed E-state index contributed by atoms with van der Waals surface area (Å²) in [5.41, 5.74) is 2.27. The number of nitrogens with zero attached hydrogens (tertiary/aromatic N) is 3. The third-order valence-electron chi connectivity index (χ3n) is 3.74. The van der Waals surface area contributed by atoms with E-state index in [2.05, 4.69) is 22.3 Å². The molecule has 2 aromatic carbocycles. The zero-order valence-corrected chi connectivity index (χ0v) is 13.3. The van der Waals surface area contributed by atoms with Crippen LogP contribution in [0.3, 0.4) is 0 Å². The van der Waals surface area contributed by atoms with Crippen LogP contribution in [0.4, 0.5) is 0 Å². The van der Waals surface area contributed by atoms with E-state index in [0.717, 1.165) is 29.3 Å². The summed E-state index contributed by atoms with van der Waals surface area (Å²) >= 11 is 0. The van der Waals surface area contributed by atoms with Gasteiger partial charge in [-0.25, -0.2) is 0 Å². The third-order valence-corrected chi connectivity index (χ3v) is 3.74. The number of methoxy groups -OCH3 is 2. The van der Waals surface area contributed by atoms with E-state index in [1.807, 2.05) is 41.0 Å². The normalized spacial score (nSPS) is 10.5. The van der Waals surface area contributed by atoms with E-state index in [4.69, 9.17) is 9.47 Å². The maximum Gasteiger partial charge on any atom is 0.137 e. The number of benzene rings is 2. The molecule has 0 aliphatic carbocycles. The van der Waals surface area contributed by atoms with Crippen LogP contribution in [0.2, 0.25) is 0 Å². The molecule has 5 nitrogen and oxygen atoms in total. The standard InChI is InChI=1S/C18H19N3O2/c1-22-16-9-8-15(17(11-16)23-2)12-21-13-19-20-18(21)10-14-6-4-3-5-7-14/h3-9,11,13H,10,12H2,1-2H3. The Morgan fingerprint density at radius 2 is 1.83 bits per heavy atom. The van der Waals surface area contributed by atoms with Crippen LogP contribution >= 0.6 is 0 Å². The van der Waals surface area contributed by atoms with Crippen molar-refractivity contribution in [2.45, 2.75) is 13.0 Å². The lowest BCUT2D eigenvalue weighted by Gasteiger charge is -2.12. The molecule has 0 N–H and O–H groups in total. The molecule has 3 aromatic rings. The Bertz CT molecular complexity index is 769. The van der Waals surface area contributed by atoms with Crippen molar-refractivity contribution in [1.29, 1.82) is 0 Å². The highest BCUT2D eigenvalue weighted by atomic mass is 16.5. The van der Waals surface area contributed by atoms with E-state index in [-0.39, 0.29) is 0 Å². The zero-order valence-electron chi connectivity index (χ0n) is 13.3. The van der Waals surface area contributed by atoms with Gasteiger partial charge in [0.05, 0.1) is 20.8 Å². The maximum absolute atomic E-state index is 5.46. The van der Waals surface area contributed by atoms with Gasteiger partial charge in [-0.3, -0.25) is 0 Å². The molecule has 118 valence electrons. The highest BCUT2D eigenvalue weighted by molar-refractivity contribution is 5.41. The van der Waals surface area contributed by atoms with Crippen molar-refractivity contribution in [3.8, 4) is 11.5 Å². The van der Waals surface area contributed by atoms with Gasteiger partial charge >= 0.3 is 0 Å². The van der Waals surface area contributed by atoms with Gasteiger partial charge < -0.3 is 14.0 Å². The van der Waals surface area contributed by atoms with E-state index in [1.165, 1.54) is 5.56 Å². The largest absolute Gasteiger partial charge is 0.497 e. The second-order valence-corrected chi connectivity index (χ2v) is 5.22. The van der Waals surface area contributed by atoms with Crippen molar-refractivity contribution in [3.63, 3.8) is 0 Å².